The fourth-order valence-corrected chi connectivity index (χ4v) is 3.08. The van der Waals surface area contributed by atoms with Gasteiger partial charge in [0.15, 0.2) is 18.1 Å². The van der Waals surface area contributed by atoms with Crippen molar-refractivity contribution < 1.29 is 14.3 Å². The standard InChI is InChI=1S/C14H10BrNO3S/c1-18-13-6-9(7-16)2-3-12(13)19-8-11(17)14-10(15)4-5-20-14/h2-6H,8H2,1H3. The molecule has 0 radical (unpaired) electrons. The number of benzene rings is 1. The number of nitriles is 1. The Morgan fingerprint density at radius 1 is 1.40 bits per heavy atom. The first-order valence-electron chi connectivity index (χ1n) is 5.63. The number of halogens is 1. The third-order valence-electron chi connectivity index (χ3n) is 2.52. The average Bonchev–Trinajstić information content (AvgIpc) is 2.90. The van der Waals surface area contributed by atoms with E-state index in [1.807, 2.05) is 17.5 Å². The first-order chi connectivity index (χ1) is 9.65. The summed E-state index contributed by atoms with van der Waals surface area (Å²) < 4.78 is 11.4. The van der Waals surface area contributed by atoms with E-state index in [1.54, 1.807) is 18.2 Å². The largest absolute Gasteiger partial charge is 0.493 e. The van der Waals surface area contributed by atoms with Gasteiger partial charge in [-0.05, 0) is 39.5 Å². The molecule has 20 heavy (non-hydrogen) atoms. The number of nitrogens with zero attached hydrogens (tertiary/aromatic N) is 1. The highest BCUT2D eigenvalue weighted by atomic mass is 79.9. The second-order valence-corrected chi connectivity index (χ2v) is 5.56. The summed E-state index contributed by atoms with van der Waals surface area (Å²) in [6.07, 6.45) is 0. The minimum atomic E-state index is -0.113. The Balaban J connectivity index is 2.10. The van der Waals surface area contributed by atoms with Crippen molar-refractivity contribution in [2.24, 2.45) is 0 Å². The summed E-state index contributed by atoms with van der Waals surface area (Å²) in [5.41, 5.74) is 0.474. The van der Waals surface area contributed by atoms with E-state index in [1.165, 1.54) is 18.4 Å². The quantitative estimate of drug-likeness (QED) is 0.771. The fourth-order valence-electron chi connectivity index (χ4n) is 1.56. The summed E-state index contributed by atoms with van der Waals surface area (Å²) in [5, 5.41) is 10.7. The maximum Gasteiger partial charge on any atom is 0.211 e. The van der Waals surface area contributed by atoms with Crippen LogP contribution in [0.1, 0.15) is 15.2 Å². The van der Waals surface area contributed by atoms with E-state index in [4.69, 9.17) is 14.7 Å². The van der Waals surface area contributed by atoms with Crippen molar-refractivity contribution in [1.82, 2.24) is 0 Å². The first kappa shape index (κ1) is 14.6. The zero-order chi connectivity index (χ0) is 14.5. The molecule has 0 amide bonds. The summed E-state index contributed by atoms with van der Waals surface area (Å²) in [6.45, 7) is -0.0820. The number of ketones is 1. The van der Waals surface area contributed by atoms with Crippen LogP contribution in [0, 0.1) is 11.3 Å². The van der Waals surface area contributed by atoms with Gasteiger partial charge in [-0.3, -0.25) is 4.79 Å². The molecule has 0 fully saturated rings. The number of methoxy groups -OCH3 is 1. The number of ether oxygens (including phenoxy) is 2. The predicted octanol–water partition coefficient (Wildman–Crippen LogP) is 3.65. The van der Waals surface area contributed by atoms with Crippen LogP contribution in [-0.2, 0) is 0 Å². The van der Waals surface area contributed by atoms with E-state index in [-0.39, 0.29) is 12.4 Å². The molecule has 6 heteroatoms. The second-order valence-electron chi connectivity index (χ2n) is 3.79. The summed E-state index contributed by atoms with van der Waals surface area (Å²) in [7, 11) is 1.49. The molecule has 0 spiro atoms. The third-order valence-corrected chi connectivity index (χ3v) is 4.40. The highest BCUT2D eigenvalue weighted by Crippen LogP contribution is 2.29. The summed E-state index contributed by atoms with van der Waals surface area (Å²) in [6, 6.07) is 8.64. The van der Waals surface area contributed by atoms with Crippen LogP contribution in [0.4, 0.5) is 0 Å². The highest BCUT2D eigenvalue weighted by Gasteiger charge is 2.14. The number of carbonyl (C=O) groups excluding carboxylic acids is 1. The number of carbonyl (C=O) groups is 1. The Bertz CT molecular complexity index is 675. The zero-order valence-corrected chi connectivity index (χ0v) is 13.0. The van der Waals surface area contributed by atoms with Gasteiger partial charge in [-0.15, -0.1) is 11.3 Å². The number of thiophene rings is 1. The van der Waals surface area contributed by atoms with E-state index < -0.39 is 0 Å². The molecule has 1 aromatic carbocycles. The molecule has 1 aromatic heterocycles. The van der Waals surface area contributed by atoms with E-state index in [9.17, 15) is 4.79 Å². The lowest BCUT2D eigenvalue weighted by atomic mass is 10.2. The molecule has 0 N–H and O–H groups in total. The zero-order valence-electron chi connectivity index (χ0n) is 10.6. The maximum atomic E-state index is 12.0. The van der Waals surface area contributed by atoms with Gasteiger partial charge in [0.25, 0.3) is 0 Å². The molecule has 0 bridgehead atoms. The smallest absolute Gasteiger partial charge is 0.211 e. The van der Waals surface area contributed by atoms with Gasteiger partial charge in [0.2, 0.25) is 5.78 Å². The van der Waals surface area contributed by atoms with Crippen molar-refractivity contribution in [2.45, 2.75) is 0 Å². The number of Topliss-reactive ketones (excluding diaryl/α,β-unsaturated/α-hetero) is 1. The molecular formula is C14H10BrNO3S. The molecular weight excluding hydrogens is 342 g/mol. The number of hydrogen-bond acceptors (Lipinski definition) is 5. The van der Waals surface area contributed by atoms with Gasteiger partial charge in [-0.25, -0.2) is 0 Å². The van der Waals surface area contributed by atoms with Crippen molar-refractivity contribution in [3.8, 4) is 17.6 Å². The number of hydrogen-bond donors (Lipinski definition) is 0. The molecule has 0 aliphatic rings. The molecule has 2 rings (SSSR count). The summed E-state index contributed by atoms with van der Waals surface area (Å²) in [4.78, 5) is 12.6. The third kappa shape index (κ3) is 3.18. The van der Waals surface area contributed by atoms with Crippen LogP contribution in [0.25, 0.3) is 0 Å². The average molecular weight is 352 g/mol. The van der Waals surface area contributed by atoms with Gasteiger partial charge < -0.3 is 9.47 Å². The Morgan fingerprint density at radius 3 is 2.80 bits per heavy atom. The monoisotopic (exact) mass is 351 g/mol. The topological polar surface area (TPSA) is 59.3 Å². The molecule has 0 saturated carbocycles. The maximum absolute atomic E-state index is 12.0. The molecule has 0 unspecified atom stereocenters. The lowest BCUT2D eigenvalue weighted by molar-refractivity contribution is 0.0923. The van der Waals surface area contributed by atoms with Gasteiger partial charge in [-0.2, -0.15) is 5.26 Å². The van der Waals surface area contributed by atoms with Crippen molar-refractivity contribution in [1.29, 1.82) is 5.26 Å². The van der Waals surface area contributed by atoms with Gasteiger partial charge in [0.05, 0.1) is 23.6 Å². The Kier molecular flexibility index (Phi) is 4.77. The predicted molar refractivity (Wildman–Crippen MR) is 79.6 cm³/mol. The molecule has 102 valence electrons. The highest BCUT2D eigenvalue weighted by molar-refractivity contribution is 9.10. The van der Waals surface area contributed by atoms with E-state index >= 15 is 0 Å². The van der Waals surface area contributed by atoms with Gasteiger partial charge in [0, 0.05) is 10.5 Å². The molecule has 0 saturated heterocycles. The van der Waals surface area contributed by atoms with Gasteiger partial charge in [0.1, 0.15) is 0 Å². The fraction of sp³-hybridized carbons (Fsp3) is 0.143. The molecule has 0 aliphatic heterocycles. The minimum Gasteiger partial charge on any atom is -0.493 e. The van der Waals surface area contributed by atoms with E-state index in [2.05, 4.69) is 15.9 Å². The molecule has 0 atom stereocenters. The van der Waals surface area contributed by atoms with Crippen LogP contribution in [0.15, 0.2) is 34.1 Å². The lowest BCUT2D eigenvalue weighted by Gasteiger charge is -2.10. The van der Waals surface area contributed by atoms with Crippen LogP contribution < -0.4 is 9.47 Å². The normalized spacial score (nSPS) is 9.85. The van der Waals surface area contributed by atoms with Crippen LogP contribution in [0.2, 0.25) is 0 Å². The van der Waals surface area contributed by atoms with E-state index in [0.29, 0.717) is 21.9 Å². The second kappa shape index (κ2) is 6.55. The summed E-state index contributed by atoms with van der Waals surface area (Å²) in [5.74, 6) is 0.757. The molecule has 4 nitrogen and oxygen atoms in total. The van der Waals surface area contributed by atoms with E-state index in [0.717, 1.165) is 4.47 Å². The number of rotatable bonds is 5. The molecule has 1 heterocycles. The summed E-state index contributed by atoms with van der Waals surface area (Å²) >= 11 is 4.67. The van der Waals surface area contributed by atoms with Crippen LogP contribution in [-0.4, -0.2) is 19.5 Å². The molecule has 2 aromatic rings. The van der Waals surface area contributed by atoms with Crippen molar-refractivity contribution in [3.05, 3.63) is 44.6 Å². The SMILES string of the molecule is COc1cc(C#N)ccc1OCC(=O)c1sccc1Br. The van der Waals surface area contributed by atoms with Gasteiger partial charge >= 0.3 is 0 Å². The minimum absolute atomic E-state index is 0.0820. The van der Waals surface area contributed by atoms with Crippen molar-refractivity contribution >= 4 is 33.0 Å². The van der Waals surface area contributed by atoms with Crippen LogP contribution in [0.3, 0.4) is 0 Å². The lowest BCUT2D eigenvalue weighted by Crippen LogP contribution is -2.11. The van der Waals surface area contributed by atoms with Crippen molar-refractivity contribution in [2.75, 3.05) is 13.7 Å². The van der Waals surface area contributed by atoms with Crippen molar-refractivity contribution in [3.63, 3.8) is 0 Å². The Hall–Kier alpha value is -1.84. The van der Waals surface area contributed by atoms with Crippen LogP contribution >= 0.6 is 27.3 Å². The first-order valence-corrected chi connectivity index (χ1v) is 7.30. The van der Waals surface area contributed by atoms with Crippen LogP contribution in [0.5, 0.6) is 11.5 Å². The Labute approximate surface area is 128 Å². The Morgan fingerprint density at radius 2 is 2.20 bits per heavy atom. The molecule has 0 aliphatic carbocycles. The van der Waals surface area contributed by atoms with Gasteiger partial charge in [-0.1, -0.05) is 0 Å².